The third kappa shape index (κ3) is 6.61. The first-order valence-electron chi connectivity index (χ1n) is 12.7. The number of hydroxylamine groups is 2. The van der Waals surface area contributed by atoms with Gasteiger partial charge in [0.05, 0.1) is 13.0 Å². The molecule has 2 atom stereocenters. The van der Waals surface area contributed by atoms with Crippen LogP contribution in [-0.4, -0.2) is 61.8 Å². The summed E-state index contributed by atoms with van der Waals surface area (Å²) in [5.74, 6) is -2.97. The number of nitrogens with zero attached hydrogens (tertiary/aromatic N) is 1. The average molecular weight is 539 g/mol. The molecule has 1 aliphatic carbocycles. The van der Waals surface area contributed by atoms with Crippen LogP contribution in [-0.2, 0) is 38.2 Å². The molecule has 206 valence electrons. The maximum atomic E-state index is 12.8. The van der Waals surface area contributed by atoms with Crippen molar-refractivity contribution in [1.29, 1.82) is 0 Å². The number of hydrogen-bond acceptors (Lipinski definition) is 9. The molecular weight excluding hydrogens is 508 g/mol. The van der Waals surface area contributed by atoms with Gasteiger partial charge in [-0.05, 0) is 34.4 Å². The highest BCUT2D eigenvalue weighted by Crippen LogP contribution is 2.45. The van der Waals surface area contributed by atoms with Gasteiger partial charge in [-0.25, -0.2) is 4.79 Å². The molecule has 2 unspecified atom stereocenters. The third-order valence-electron chi connectivity index (χ3n) is 6.54. The van der Waals surface area contributed by atoms with Gasteiger partial charge in [-0.1, -0.05) is 42.3 Å². The van der Waals surface area contributed by atoms with Crippen LogP contribution in [0.2, 0.25) is 0 Å². The number of ether oxygens (including phenoxy) is 3. The highest BCUT2D eigenvalue weighted by molar-refractivity contribution is 6.01. The number of rotatable bonds is 11. The van der Waals surface area contributed by atoms with Crippen molar-refractivity contribution in [2.75, 3.05) is 32.2 Å². The molecule has 2 aromatic carbocycles. The van der Waals surface area contributed by atoms with E-state index in [9.17, 15) is 24.0 Å². The number of carbonyl (C=O) groups excluding carboxylic acids is 5. The summed E-state index contributed by atoms with van der Waals surface area (Å²) in [6.07, 6.45) is -0.666. The number of esters is 1. The summed E-state index contributed by atoms with van der Waals surface area (Å²) < 4.78 is 15.3. The molecule has 0 aromatic heterocycles. The van der Waals surface area contributed by atoms with Crippen LogP contribution in [0, 0.1) is 5.92 Å². The van der Waals surface area contributed by atoms with Crippen LogP contribution in [0.15, 0.2) is 42.5 Å². The number of nitrogens with one attached hydrogen (secondary N) is 1. The van der Waals surface area contributed by atoms with Crippen LogP contribution in [0.3, 0.4) is 0 Å². The van der Waals surface area contributed by atoms with E-state index >= 15 is 0 Å². The van der Waals surface area contributed by atoms with Crippen LogP contribution in [0.25, 0.3) is 11.1 Å². The minimum Gasteiger partial charge on any atom is -0.466 e. The largest absolute Gasteiger partial charge is 0.533 e. The summed E-state index contributed by atoms with van der Waals surface area (Å²) in [7, 11) is 1.57. The highest BCUT2D eigenvalue weighted by atomic mass is 16.8. The van der Waals surface area contributed by atoms with Crippen LogP contribution in [0.1, 0.15) is 49.7 Å². The van der Waals surface area contributed by atoms with Gasteiger partial charge in [0.2, 0.25) is 5.91 Å². The van der Waals surface area contributed by atoms with Gasteiger partial charge in [0.25, 0.3) is 11.8 Å². The fourth-order valence-corrected chi connectivity index (χ4v) is 4.53. The van der Waals surface area contributed by atoms with Crippen molar-refractivity contribution in [1.82, 2.24) is 5.06 Å². The second-order valence-electron chi connectivity index (χ2n) is 9.34. The van der Waals surface area contributed by atoms with Crippen molar-refractivity contribution < 1.29 is 43.0 Å². The van der Waals surface area contributed by atoms with Crippen molar-refractivity contribution >= 4 is 35.5 Å². The Labute approximate surface area is 225 Å². The molecule has 0 spiro atoms. The zero-order chi connectivity index (χ0) is 27.9. The molecule has 1 N–H and O–H groups in total. The molecule has 2 aliphatic rings. The molecule has 1 heterocycles. The van der Waals surface area contributed by atoms with Crippen molar-refractivity contribution in [2.45, 2.75) is 38.5 Å². The van der Waals surface area contributed by atoms with E-state index < -0.39 is 29.9 Å². The number of hydrogen-bond donors (Lipinski definition) is 1. The number of benzene rings is 2. The fourth-order valence-electron chi connectivity index (χ4n) is 4.53. The first-order chi connectivity index (χ1) is 18.8. The first-order valence-corrected chi connectivity index (χ1v) is 12.7. The summed E-state index contributed by atoms with van der Waals surface area (Å²) in [5, 5.41) is 3.28. The van der Waals surface area contributed by atoms with Crippen LogP contribution in [0.5, 0.6) is 0 Å². The Morgan fingerprint density at radius 2 is 1.69 bits per heavy atom. The Balaban J connectivity index is 1.41. The summed E-state index contributed by atoms with van der Waals surface area (Å²) in [4.78, 5) is 65.3. The Kier molecular flexibility index (Phi) is 8.92. The molecule has 11 nitrogen and oxygen atoms in total. The number of anilines is 1. The van der Waals surface area contributed by atoms with E-state index in [-0.39, 0.29) is 44.3 Å². The molecule has 11 heteroatoms. The number of imide groups is 1. The predicted molar refractivity (Wildman–Crippen MR) is 137 cm³/mol. The molecular formula is C28H30N2O9. The van der Waals surface area contributed by atoms with Gasteiger partial charge in [0, 0.05) is 50.5 Å². The molecule has 0 bridgehead atoms. The normalized spacial score (nSPS) is 16.4. The van der Waals surface area contributed by atoms with E-state index in [0.29, 0.717) is 23.8 Å². The molecule has 0 saturated carbocycles. The average Bonchev–Trinajstić information content (AvgIpc) is 3.41. The molecule has 1 fully saturated rings. The van der Waals surface area contributed by atoms with E-state index in [1.807, 2.05) is 30.3 Å². The van der Waals surface area contributed by atoms with Crippen LogP contribution in [0.4, 0.5) is 10.5 Å². The smallest absolute Gasteiger partial charge is 0.466 e. The zero-order valence-electron chi connectivity index (χ0n) is 21.8. The Hall–Kier alpha value is -4.25. The lowest BCUT2D eigenvalue weighted by Crippen LogP contribution is -2.32. The molecule has 2 aromatic rings. The zero-order valence-corrected chi connectivity index (χ0v) is 21.8. The molecule has 4 rings (SSSR count). The lowest BCUT2D eigenvalue weighted by atomic mass is 9.97. The van der Waals surface area contributed by atoms with E-state index in [2.05, 4.69) is 5.32 Å². The van der Waals surface area contributed by atoms with E-state index in [1.54, 1.807) is 26.2 Å². The fraction of sp³-hybridized carbons (Fsp3) is 0.393. The molecule has 1 saturated heterocycles. The van der Waals surface area contributed by atoms with Crippen molar-refractivity contribution in [3.63, 3.8) is 0 Å². The SMILES string of the molecule is COCCCOC(=O)CC(C)C(=O)Nc1ccc2c(c1)C(COC(=O)ON1C(=O)CCC1=O)c1ccccc1-2. The summed E-state index contributed by atoms with van der Waals surface area (Å²) in [6.45, 7) is 2.25. The number of carbonyl (C=O) groups is 5. The standard InChI is InChI=1S/C28H30N2O9/c1-17(14-26(33)37-13-5-12-36-2)27(34)29-18-8-9-21-19-6-3-4-7-20(19)23(22(21)15-18)16-38-28(35)39-30-24(31)10-11-25(30)32/h3-4,6-9,15,17,23H,5,10-14,16H2,1-2H3,(H,29,34). The monoisotopic (exact) mass is 538 g/mol. The summed E-state index contributed by atoms with van der Waals surface area (Å²) in [6, 6.07) is 13.1. The Morgan fingerprint density at radius 3 is 2.44 bits per heavy atom. The van der Waals surface area contributed by atoms with Gasteiger partial charge in [0.15, 0.2) is 0 Å². The number of methoxy groups -OCH3 is 1. The van der Waals surface area contributed by atoms with Gasteiger partial charge in [-0.2, -0.15) is 0 Å². The quantitative estimate of drug-likeness (QED) is 0.259. The van der Waals surface area contributed by atoms with Gasteiger partial charge in [-0.15, -0.1) is 0 Å². The topological polar surface area (TPSA) is 138 Å². The Bertz CT molecular complexity index is 1260. The second kappa shape index (κ2) is 12.5. The van der Waals surface area contributed by atoms with Gasteiger partial charge >= 0.3 is 12.1 Å². The van der Waals surface area contributed by atoms with Crippen molar-refractivity contribution in [3.8, 4) is 11.1 Å². The van der Waals surface area contributed by atoms with Crippen molar-refractivity contribution in [3.05, 3.63) is 53.6 Å². The molecule has 1 aliphatic heterocycles. The lowest BCUT2D eigenvalue weighted by Gasteiger charge is -2.17. The van der Waals surface area contributed by atoms with Gasteiger partial charge in [-0.3, -0.25) is 24.0 Å². The minimum absolute atomic E-state index is 0.0157. The second-order valence-corrected chi connectivity index (χ2v) is 9.34. The van der Waals surface area contributed by atoms with E-state index in [4.69, 9.17) is 19.0 Å². The van der Waals surface area contributed by atoms with Crippen molar-refractivity contribution in [2.24, 2.45) is 5.92 Å². The van der Waals surface area contributed by atoms with Crippen LogP contribution < -0.4 is 5.32 Å². The highest BCUT2D eigenvalue weighted by Gasteiger charge is 2.35. The maximum Gasteiger partial charge on any atom is 0.533 e. The predicted octanol–water partition coefficient (Wildman–Crippen LogP) is 3.56. The third-order valence-corrected chi connectivity index (χ3v) is 6.54. The number of amides is 3. The van der Waals surface area contributed by atoms with Gasteiger partial charge in [0.1, 0.15) is 6.61 Å². The minimum atomic E-state index is -1.16. The molecule has 39 heavy (non-hydrogen) atoms. The molecule has 0 radical (unpaired) electrons. The lowest BCUT2D eigenvalue weighted by molar-refractivity contribution is -0.177. The number of fused-ring (bicyclic) bond motifs is 3. The first kappa shape index (κ1) is 27.8. The maximum absolute atomic E-state index is 12.8. The van der Waals surface area contributed by atoms with Crippen LogP contribution >= 0.6 is 0 Å². The van der Waals surface area contributed by atoms with E-state index in [0.717, 1.165) is 22.3 Å². The van der Waals surface area contributed by atoms with E-state index in [1.165, 1.54) is 0 Å². The van der Waals surface area contributed by atoms with Gasteiger partial charge < -0.3 is 19.5 Å². The molecule has 3 amide bonds. The Morgan fingerprint density at radius 1 is 0.974 bits per heavy atom. The summed E-state index contributed by atoms with van der Waals surface area (Å²) in [5.41, 5.74) is 4.14. The summed E-state index contributed by atoms with van der Waals surface area (Å²) >= 11 is 0.